The van der Waals surface area contributed by atoms with Crippen molar-refractivity contribution in [1.82, 2.24) is 0 Å². The third kappa shape index (κ3) is 3.21. The van der Waals surface area contributed by atoms with Gasteiger partial charge in [0.05, 0.1) is 19.4 Å². The van der Waals surface area contributed by atoms with Crippen LogP contribution in [0.3, 0.4) is 0 Å². The number of benzene rings is 1. The van der Waals surface area contributed by atoms with E-state index in [4.69, 9.17) is 9.47 Å². The van der Waals surface area contributed by atoms with Gasteiger partial charge in [0.1, 0.15) is 5.75 Å². The summed E-state index contributed by atoms with van der Waals surface area (Å²) < 4.78 is 10.3. The summed E-state index contributed by atoms with van der Waals surface area (Å²) in [5, 5.41) is 0. The molecule has 0 atom stereocenters. The van der Waals surface area contributed by atoms with Crippen LogP contribution in [0.4, 0.5) is 5.69 Å². The summed E-state index contributed by atoms with van der Waals surface area (Å²) in [6.07, 6.45) is 4.91. The molecule has 3 heteroatoms. The molecule has 0 aromatic heterocycles. The lowest BCUT2D eigenvalue weighted by Gasteiger charge is -2.08. The molecule has 0 spiro atoms. The van der Waals surface area contributed by atoms with Crippen molar-refractivity contribution in [2.75, 3.05) is 13.7 Å². The van der Waals surface area contributed by atoms with Crippen molar-refractivity contribution in [3.8, 4) is 5.75 Å². The number of hydrogen-bond acceptors (Lipinski definition) is 3. The Morgan fingerprint density at radius 3 is 2.47 bits per heavy atom. The normalized spacial score (nSPS) is 10.2. The molecule has 1 aromatic rings. The predicted octanol–water partition coefficient (Wildman–Crippen LogP) is 3.68. The van der Waals surface area contributed by atoms with Gasteiger partial charge in [0.15, 0.2) is 6.40 Å². The summed E-state index contributed by atoms with van der Waals surface area (Å²) in [4.78, 5) is 4.22. The highest BCUT2D eigenvalue weighted by Gasteiger charge is 2.05. The zero-order chi connectivity index (χ0) is 12.7. The summed E-state index contributed by atoms with van der Waals surface area (Å²) in [5.41, 5.74) is 2.59. The van der Waals surface area contributed by atoms with Crippen molar-refractivity contribution in [3.63, 3.8) is 0 Å². The molecule has 0 saturated carbocycles. The second-order valence-electron chi connectivity index (χ2n) is 3.25. The number of ether oxygens (including phenoxy) is 2. The van der Waals surface area contributed by atoms with Gasteiger partial charge in [-0.15, -0.1) is 0 Å². The number of rotatable bonds is 6. The van der Waals surface area contributed by atoms with Crippen LogP contribution in [-0.4, -0.2) is 20.1 Å². The van der Waals surface area contributed by atoms with Crippen molar-refractivity contribution < 1.29 is 9.47 Å². The van der Waals surface area contributed by atoms with Gasteiger partial charge < -0.3 is 9.47 Å². The molecule has 0 aliphatic rings. The summed E-state index contributed by atoms with van der Waals surface area (Å²) in [7, 11) is 1.62. The average Bonchev–Trinajstić information content (AvgIpc) is 2.38. The minimum absolute atomic E-state index is 0.592. The number of nitrogens with zero attached hydrogens (tertiary/aromatic N) is 1. The van der Waals surface area contributed by atoms with E-state index in [1.807, 2.05) is 19.1 Å². The van der Waals surface area contributed by atoms with Gasteiger partial charge in [0.25, 0.3) is 0 Å². The van der Waals surface area contributed by atoms with Gasteiger partial charge in [-0.1, -0.05) is 25.3 Å². The molecule has 0 fully saturated rings. The Balaban J connectivity index is 3.18. The number of methoxy groups -OCH3 is 1. The van der Waals surface area contributed by atoms with Crippen molar-refractivity contribution in [2.24, 2.45) is 4.99 Å². The van der Waals surface area contributed by atoms with E-state index in [0.29, 0.717) is 6.61 Å². The monoisotopic (exact) mass is 231 g/mol. The lowest BCUT2D eigenvalue weighted by atomic mass is 10.1. The Morgan fingerprint density at radius 1 is 1.24 bits per heavy atom. The highest BCUT2D eigenvalue weighted by Crippen LogP contribution is 2.30. The maximum absolute atomic E-state index is 5.26. The first-order valence-corrected chi connectivity index (χ1v) is 5.37. The lowest BCUT2D eigenvalue weighted by Crippen LogP contribution is -1.90. The van der Waals surface area contributed by atoms with E-state index in [1.54, 1.807) is 19.3 Å². The highest BCUT2D eigenvalue weighted by atomic mass is 16.5. The average molecular weight is 231 g/mol. The topological polar surface area (TPSA) is 30.8 Å². The van der Waals surface area contributed by atoms with Gasteiger partial charge in [-0.25, -0.2) is 4.99 Å². The minimum Gasteiger partial charge on any atom is -0.496 e. The van der Waals surface area contributed by atoms with Crippen LogP contribution in [0, 0.1) is 0 Å². The van der Waals surface area contributed by atoms with E-state index in [2.05, 4.69) is 18.2 Å². The molecular formula is C14H17NO2. The summed E-state index contributed by atoms with van der Waals surface area (Å²) in [6.45, 7) is 10.0. The lowest BCUT2D eigenvalue weighted by molar-refractivity contribution is 0.344. The summed E-state index contributed by atoms with van der Waals surface area (Å²) in [5.74, 6) is 0.731. The van der Waals surface area contributed by atoms with Crippen LogP contribution in [0.2, 0.25) is 0 Å². The molecule has 17 heavy (non-hydrogen) atoms. The summed E-state index contributed by atoms with van der Waals surface area (Å²) in [6, 6.07) is 3.76. The van der Waals surface area contributed by atoms with Gasteiger partial charge >= 0.3 is 0 Å². The highest BCUT2D eigenvalue weighted by molar-refractivity contribution is 5.73. The molecule has 1 rings (SSSR count). The molecular weight excluding hydrogens is 214 g/mol. The van der Waals surface area contributed by atoms with E-state index in [0.717, 1.165) is 22.6 Å². The van der Waals surface area contributed by atoms with Gasteiger partial charge in [0, 0.05) is 17.2 Å². The van der Waals surface area contributed by atoms with E-state index < -0.39 is 0 Å². The summed E-state index contributed by atoms with van der Waals surface area (Å²) >= 11 is 0. The predicted molar refractivity (Wildman–Crippen MR) is 73.0 cm³/mol. The van der Waals surface area contributed by atoms with Gasteiger partial charge in [-0.2, -0.15) is 0 Å². The fraction of sp³-hybridized carbons (Fsp3) is 0.214. The Hall–Kier alpha value is -2.03. The maximum atomic E-state index is 5.26. The third-order valence-corrected chi connectivity index (χ3v) is 2.25. The number of hydrogen-bond donors (Lipinski definition) is 0. The zero-order valence-electron chi connectivity index (χ0n) is 10.3. The first kappa shape index (κ1) is 13.0. The standard InChI is InChI=1S/C14H17NO2/c1-5-11-8-12(6-2)14(16-4)9-13(11)15-10-17-7-3/h5-6,8-10H,1-2,7H2,3-4H3. The second-order valence-corrected chi connectivity index (χ2v) is 3.25. The van der Waals surface area contributed by atoms with Crippen molar-refractivity contribution in [3.05, 3.63) is 36.4 Å². The molecule has 0 bridgehead atoms. The zero-order valence-corrected chi connectivity index (χ0v) is 10.3. The Morgan fingerprint density at radius 2 is 1.94 bits per heavy atom. The fourth-order valence-corrected chi connectivity index (χ4v) is 1.38. The van der Waals surface area contributed by atoms with Crippen molar-refractivity contribution in [2.45, 2.75) is 6.92 Å². The quantitative estimate of drug-likeness (QED) is 0.552. The second kappa shape index (κ2) is 6.53. The van der Waals surface area contributed by atoms with Crippen LogP contribution < -0.4 is 4.74 Å². The van der Waals surface area contributed by atoms with Gasteiger partial charge in [0.2, 0.25) is 0 Å². The van der Waals surface area contributed by atoms with E-state index in [-0.39, 0.29) is 0 Å². The van der Waals surface area contributed by atoms with E-state index in [9.17, 15) is 0 Å². The Bertz CT molecular complexity index is 436. The van der Waals surface area contributed by atoms with Crippen LogP contribution >= 0.6 is 0 Å². The molecule has 0 amide bonds. The van der Waals surface area contributed by atoms with Crippen LogP contribution in [0.5, 0.6) is 5.75 Å². The number of aliphatic imine (C=N–C) groups is 1. The molecule has 1 aromatic carbocycles. The van der Waals surface area contributed by atoms with Crippen LogP contribution in [0.15, 0.2) is 30.3 Å². The maximum Gasteiger partial charge on any atom is 0.174 e. The smallest absolute Gasteiger partial charge is 0.174 e. The van der Waals surface area contributed by atoms with E-state index >= 15 is 0 Å². The molecule has 3 nitrogen and oxygen atoms in total. The molecule has 90 valence electrons. The SMILES string of the molecule is C=Cc1cc(C=C)c(OC)cc1N=COCC. The fourth-order valence-electron chi connectivity index (χ4n) is 1.38. The Kier molecular flexibility index (Phi) is 5.01. The molecule has 0 heterocycles. The molecule has 0 aliphatic heterocycles. The molecule has 0 radical (unpaired) electrons. The van der Waals surface area contributed by atoms with Crippen LogP contribution in [0.25, 0.3) is 12.2 Å². The van der Waals surface area contributed by atoms with Gasteiger partial charge in [-0.05, 0) is 13.0 Å². The van der Waals surface area contributed by atoms with Crippen molar-refractivity contribution >= 4 is 24.2 Å². The molecule has 0 N–H and O–H groups in total. The first-order valence-electron chi connectivity index (χ1n) is 5.37. The van der Waals surface area contributed by atoms with E-state index in [1.165, 1.54) is 6.40 Å². The molecule has 0 unspecified atom stereocenters. The van der Waals surface area contributed by atoms with Crippen LogP contribution in [-0.2, 0) is 4.74 Å². The molecule has 0 aliphatic carbocycles. The molecule has 0 saturated heterocycles. The minimum atomic E-state index is 0.592. The largest absolute Gasteiger partial charge is 0.496 e. The van der Waals surface area contributed by atoms with Crippen molar-refractivity contribution in [1.29, 1.82) is 0 Å². The third-order valence-electron chi connectivity index (χ3n) is 2.25. The first-order chi connectivity index (χ1) is 8.26. The Labute approximate surface area is 102 Å². The van der Waals surface area contributed by atoms with Crippen LogP contribution in [0.1, 0.15) is 18.1 Å². The van der Waals surface area contributed by atoms with Gasteiger partial charge in [-0.3, -0.25) is 0 Å².